The van der Waals surface area contributed by atoms with Gasteiger partial charge in [-0.15, -0.1) is 5.10 Å². The number of oxazole rings is 1. The van der Waals surface area contributed by atoms with Crippen molar-refractivity contribution in [1.29, 1.82) is 0 Å². The van der Waals surface area contributed by atoms with Crippen LogP contribution >= 0.6 is 0 Å². The monoisotopic (exact) mass is 373 g/mol. The average molecular weight is 373 g/mol. The van der Waals surface area contributed by atoms with Crippen molar-refractivity contribution < 1.29 is 8.81 Å². The Morgan fingerprint density at radius 3 is 2.71 bits per heavy atom. The summed E-state index contributed by atoms with van der Waals surface area (Å²) in [5, 5.41) is 8.62. The Morgan fingerprint density at radius 2 is 1.89 bits per heavy atom. The van der Waals surface area contributed by atoms with Crippen LogP contribution in [0.25, 0.3) is 39.4 Å². The fourth-order valence-electron chi connectivity index (χ4n) is 3.66. The molecule has 1 aliphatic rings. The van der Waals surface area contributed by atoms with Gasteiger partial charge in [-0.1, -0.05) is 11.3 Å². The highest BCUT2D eigenvalue weighted by Gasteiger charge is 2.24. The van der Waals surface area contributed by atoms with E-state index in [-0.39, 0.29) is 5.82 Å². The van der Waals surface area contributed by atoms with Crippen LogP contribution in [0.4, 0.5) is 4.39 Å². The second-order valence-electron chi connectivity index (χ2n) is 7.29. The van der Waals surface area contributed by atoms with Crippen molar-refractivity contribution in [2.75, 3.05) is 0 Å². The van der Waals surface area contributed by atoms with Crippen LogP contribution in [0, 0.1) is 11.7 Å². The molecule has 0 aliphatic heterocycles. The molecule has 0 spiro atoms. The van der Waals surface area contributed by atoms with Crippen LogP contribution in [0.5, 0.6) is 0 Å². The van der Waals surface area contributed by atoms with Gasteiger partial charge in [0.05, 0.1) is 11.2 Å². The van der Waals surface area contributed by atoms with E-state index < -0.39 is 0 Å². The minimum Gasteiger partial charge on any atom is -0.432 e. The van der Waals surface area contributed by atoms with Gasteiger partial charge in [-0.05, 0) is 55.2 Å². The standard InChI is InChI=1S/C21H16FN5O/c22-16-6-3-14(4-7-16)19-20(26-9-10-28-21(26)23-19)15-5-8-17-18(11-15)27(25-24-17)12-13-1-2-13/h3-11,13H,1-2,12H2. The van der Waals surface area contributed by atoms with Gasteiger partial charge in [0, 0.05) is 23.9 Å². The van der Waals surface area contributed by atoms with E-state index in [1.165, 1.54) is 25.0 Å². The first-order chi connectivity index (χ1) is 13.8. The SMILES string of the molecule is Fc1ccc(-c2nc3occn3c2-c2ccc3nnn(CC4CC4)c3c2)cc1. The maximum atomic E-state index is 13.4. The summed E-state index contributed by atoms with van der Waals surface area (Å²) in [6.45, 7) is 0.901. The first-order valence-electron chi connectivity index (χ1n) is 9.31. The molecule has 6 rings (SSSR count). The van der Waals surface area contributed by atoms with E-state index in [9.17, 15) is 4.39 Å². The Morgan fingerprint density at radius 1 is 1.07 bits per heavy atom. The lowest BCUT2D eigenvalue weighted by Crippen LogP contribution is -2.01. The Labute approximate surface area is 159 Å². The molecule has 7 heteroatoms. The summed E-state index contributed by atoms with van der Waals surface area (Å²) in [6.07, 6.45) is 5.97. The number of nitrogens with zero attached hydrogens (tertiary/aromatic N) is 5. The molecule has 0 bridgehead atoms. The van der Waals surface area contributed by atoms with Gasteiger partial charge in [-0.2, -0.15) is 4.98 Å². The van der Waals surface area contributed by atoms with Gasteiger partial charge in [0.15, 0.2) is 0 Å². The third kappa shape index (κ3) is 2.43. The van der Waals surface area contributed by atoms with Gasteiger partial charge in [0.1, 0.15) is 23.3 Å². The van der Waals surface area contributed by atoms with Crippen molar-refractivity contribution in [2.24, 2.45) is 5.92 Å². The molecule has 0 saturated heterocycles. The number of hydrogen-bond acceptors (Lipinski definition) is 4. The summed E-state index contributed by atoms with van der Waals surface area (Å²) in [7, 11) is 0. The Kier molecular flexibility index (Phi) is 3.20. The normalized spacial score (nSPS) is 14.3. The predicted molar refractivity (Wildman–Crippen MR) is 102 cm³/mol. The highest BCUT2D eigenvalue weighted by atomic mass is 19.1. The zero-order valence-corrected chi connectivity index (χ0v) is 14.9. The third-order valence-corrected chi connectivity index (χ3v) is 5.30. The second-order valence-corrected chi connectivity index (χ2v) is 7.29. The van der Waals surface area contributed by atoms with Gasteiger partial charge in [-0.25, -0.2) is 9.07 Å². The van der Waals surface area contributed by atoms with Crippen molar-refractivity contribution in [3.63, 3.8) is 0 Å². The lowest BCUT2D eigenvalue weighted by atomic mass is 10.0. The number of imidazole rings is 1. The van der Waals surface area contributed by atoms with Crippen molar-refractivity contribution in [3.05, 3.63) is 60.7 Å². The predicted octanol–water partition coefficient (Wildman–Crippen LogP) is 4.56. The van der Waals surface area contributed by atoms with Crippen molar-refractivity contribution in [3.8, 4) is 22.5 Å². The molecule has 2 aromatic carbocycles. The number of rotatable bonds is 4. The number of hydrogen-bond donors (Lipinski definition) is 0. The summed E-state index contributed by atoms with van der Waals surface area (Å²) >= 11 is 0. The average Bonchev–Trinajstić information content (AvgIpc) is 3.10. The van der Waals surface area contributed by atoms with Crippen molar-refractivity contribution in [1.82, 2.24) is 24.4 Å². The molecule has 1 fully saturated rings. The summed E-state index contributed by atoms with van der Waals surface area (Å²) in [5.74, 6) is 0.933. The Bertz CT molecular complexity index is 1310. The van der Waals surface area contributed by atoms with E-state index in [1.807, 2.05) is 27.4 Å². The molecular weight excluding hydrogens is 357 g/mol. The molecule has 0 N–H and O–H groups in total. The highest BCUT2D eigenvalue weighted by molar-refractivity contribution is 5.87. The van der Waals surface area contributed by atoms with E-state index in [0.29, 0.717) is 11.8 Å². The molecule has 1 aliphatic carbocycles. The summed E-state index contributed by atoms with van der Waals surface area (Å²) < 4.78 is 22.8. The van der Waals surface area contributed by atoms with E-state index in [4.69, 9.17) is 4.42 Å². The quantitative estimate of drug-likeness (QED) is 0.463. The fraction of sp³-hybridized carbons (Fsp3) is 0.190. The molecule has 6 nitrogen and oxygen atoms in total. The Balaban J connectivity index is 1.56. The largest absolute Gasteiger partial charge is 0.432 e. The molecule has 28 heavy (non-hydrogen) atoms. The fourth-order valence-corrected chi connectivity index (χ4v) is 3.66. The van der Waals surface area contributed by atoms with Gasteiger partial charge in [0.2, 0.25) is 0 Å². The van der Waals surface area contributed by atoms with Crippen molar-refractivity contribution >= 4 is 16.9 Å². The van der Waals surface area contributed by atoms with Gasteiger partial charge < -0.3 is 4.42 Å². The summed E-state index contributed by atoms with van der Waals surface area (Å²) in [6, 6.07) is 12.4. The van der Waals surface area contributed by atoms with Gasteiger partial charge >= 0.3 is 5.84 Å². The molecule has 138 valence electrons. The number of fused-ring (bicyclic) bond motifs is 2. The van der Waals surface area contributed by atoms with Crippen molar-refractivity contribution in [2.45, 2.75) is 19.4 Å². The zero-order chi connectivity index (χ0) is 18.7. The molecule has 0 radical (unpaired) electrons. The number of aromatic nitrogens is 5. The van der Waals surface area contributed by atoms with Crippen LogP contribution in [0.1, 0.15) is 12.8 Å². The van der Waals surface area contributed by atoms with E-state index in [2.05, 4.69) is 21.4 Å². The lowest BCUT2D eigenvalue weighted by Gasteiger charge is -2.06. The molecule has 3 aromatic heterocycles. The van der Waals surface area contributed by atoms with Crippen LogP contribution < -0.4 is 0 Å². The molecule has 0 amide bonds. The molecular formula is C21H16FN5O. The zero-order valence-electron chi connectivity index (χ0n) is 14.9. The maximum Gasteiger partial charge on any atom is 0.306 e. The third-order valence-electron chi connectivity index (χ3n) is 5.30. The van der Waals surface area contributed by atoms with E-state index in [0.717, 1.165) is 40.1 Å². The maximum absolute atomic E-state index is 13.4. The molecule has 1 saturated carbocycles. The van der Waals surface area contributed by atoms with Gasteiger partial charge in [0.25, 0.3) is 0 Å². The highest BCUT2D eigenvalue weighted by Crippen LogP contribution is 2.35. The lowest BCUT2D eigenvalue weighted by molar-refractivity contribution is 0.559. The van der Waals surface area contributed by atoms with Crippen LogP contribution in [0.3, 0.4) is 0 Å². The first kappa shape index (κ1) is 15.6. The van der Waals surface area contributed by atoms with E-state index in [1.54, 1.807) is 18.4 Å². The Hall–Kier alpha value is -3.48. The molecule has 3 heterocycles. The summed E-state index contributed by atoms with van der Waals surface area (Å²) in [5.41, 5.74) is 5.35. The minimum atomic E-state index is -0.273. The molecule has 0 unspecified atom stereocenters. The van der Waals surface area contributed by atoms with Crippen LogP contribution in [-0.2, 0) is 6.54 Å². The molecule has 5 aromatic rings. The number of halogens is 1. The summed E-state index contributed by atoms with van der Waals surface area (Å²) in [4.78, 5) is 4.63. The molecule has 0 atom stereocenters. The smallest absolute Gasteiger partial charge is 0.306 e. The van der Waals surface area contributed by atoms with Crippen LogP contribution in [0.15, 0.2) is 59.3 Å². The van der Waals surface area contributed by atoms with Crippen LogP contribution in [-0.4, -0.2) is 24.4 Å². The topological polar surface area (TPSA) is 61.1 Å². The second kappa shape index (κ2) is 5.76. The number of benzene rings is 2. The first-order valence-corrected chi connectivity index (χ1v) is 9.31. The van der Waals surface area contributed by atoms with Crippen LogP contribution in [0.2, 0.25) is 0 Å². The van der Waals surface area contributed by atoms with E-state index >= 15 is 0 Å². The van der Waals surface area contributed by atoms with Gasteiger partial charge in [-0.3, -0.25) is 4.40 Å². The minimum absolute atomic E-state index is 0.273.